The Labute approximate surface area is 160 Å². The van der Waals surface area contributed by atoms with Gasteiger partial charge in [-0.1, -0.05) is 0 Å². The van der Waals surface area contributed by atoms with Gasteiger partial charge in [-0.05, 0) is 37.6 Å². The van der Waals surface area contributed by atoms with Gasteiger partial charge in [0.2, 0.25) is 5.91 Å². The Hall–Kier alpha value is -2.87. The van der Waals surface area contributed by atoms with E-state index < -0.39 is 5.91 Å². The minimum Gasteiger partial charge on any atom is -0.493 e. The van der Waals surface area contributed by atoms with Crippen LogP contribution in [0.4, 0.5) is 0 Å². The summed E-state index contributed by atoms with van der Waals surface area (Å²) < 4.78 is 12.1. The first-order valence-electron chi connectivity index (χ1n) is 8.38. The van der Waals surface area contributed by atoms with E-state index in [4.69, 9.17) is 20.2 Å². The van der Waals surface area contributed by atoms with Gasteiger partial charge in [-0.25, -0.2) is 4.98 Å². The molecule has 3 rings (SSSR count). The third-order valence-corrected chi connectivity index (χ3v) is 5.61. The van der Waals surface area contributed by atoms with E-state index in [0.29, 0.717) is 33.1 Å². The molecule has 0 saturated carbocycles. The van der Waals surface area contributed by atoms with Crippen LogP contribution in [0.25, 0.3) is 21.6 Å². The number of primary amides is 1. The van der Waals surface area contributed by atoms with Gasteiger partial charge in [-0.15, -0.1) is 11.3 Å². The molecule has 3 aromatic rings. The van der Waals surface area contributed by atoms with Gasteiger partial charge in [0.05, 0.1) is 19.6 Å². The molecule has 0 atom stereocenters. The highest BCUT2D eigenvalue weighted by molar-refractivity contribution is 7.18. The van der Waals surface area contributed by atoms with Gasteiger partial charge in [0, 0.05) is 23.4 Å². The van der Waals surface area contributed by atoms with Crippen LogP contribution in [-0.2, 0) is 11.3 Å². The molecule has 2 heterocycles. The van der Waals surface area contributed by atoms with Gasteiger partial charge in [0.15, 0.2) is 11.5 Å². The lowest BCUT2D eigenvalue weighted by molar-refractivity contribution is -0.118. The SMILES string of the molecule is COc1ccc(-c2nc3sc(C)c(C)c3c(=O)n2CCC(N)=O)cc1OC. The summed E-state index contributed by atoms with van der Waals surface area (Å²) in [5.74, 6) is 1.11. The summed E-state index contributed by atoms with van der Waals surface area (Å²) in [4.78, 5) is 30.9. The summed E-state index contributed by atoms with van der Waals surface area (Å²) in [5.41, 5.74) is 6.74. The number of nitrogens with two attached hydrogens (primary N) is 1. The number of methoxy groups -OCH3 is 2. The number of thiophene rings is 1. The van der Waals surface area contributed by atoms with Crippen molar-refractivity contribution in [2.75, 3.05) is 14.2 Å². The van der Waals surface area contributed by atoms with Crippen LogP contribution in [0, 0.1) is 13.8 Å². The van der Waals surface area contributed by atoms with E-state index in [1.54, 1.807) is 26.4 Å². The molecular formula is C19H21N3O4S. The van der Waals surface area contributed by atoms with Crippen LogP contribution in [0.2, 0.25) is 0 Å². The fourth-order valence-electron chi connectivity index (χ4n) is 2.95. The van der Waals surface area contributed by atoms with E-state index in [1.165, 1.54) is 15.9 Å². The van der Waals surface area contributed by atoms with Crippen LogP contribution >= 0.6 is 11.3 Å². The molecule has 0 radical (unpaired) electrons. The van der Waals surface area contributed by atoms with Crippen LogP contribution in [0.15, 0.2) is 23.0 Å². The van der Waals surface area contributed by atoms with Crippen molar-refractivity contribution in [1.29, 1.82) is 0 Å². The number of hydrogen-bond donors (Lipinski definition) is 1. The maximum absolute atomic E-state index is 13.2. The monoisotopic (exact) mass is 387 g/mol. The molecule has 27 heavy (non-hydrogen) atoms. The Bertz CT molecular complexity index is 1080. The Morgan fingerprint density at radius 1 is 1.22 bits per heavy atom. The molecule has 2 aromatic heterocycles. The van der Waals surface area contributed by atoms with E-state index in [1.807, 2.05) is 19.9 Å². The van der Waals surface area contributed by atoms with Crippen molar-refractivity contribution in [3.05, 3.63) is 39.0 Å². The molecule has 1 amide bonds. The van der Waals surface area contributed by atoms with E-state index in [-0.39, 0.29) is 18.5 Å². The number of aryl methyl sites for hydroxylation is 2. The summed E-state index contributed by atoms with van der Waals surface area (Å²) in [7, 11) is 3.10. The highest BCUT2D eigenvalue weighted by Gasteiger charge is 2.19. The average molecular weight is 387 g/mol. The number of amides is 1. The summed E-state index contributed by atoms with van der Waals surface area (Å²) in [5, 5.41) is 0.589. The largest absolute Gasteiger partial charge is 0.493 e. The predicted octanol–water partition coefficient (Wildman–Crippen LogP) is 2.63. The maximum Gasteiger partial charge on any atom is 0.262 e. The maximum atomic E-state index is 13.2. The first kappa shape index (κ1) is 18.9. The lowest BCUT2D eigenvalue weighted by Gasteiger charge is -2.14. The quantitative estimate of drug-likeness (QED) is 0.701. The second-order valence-electron chi connectivity index (χ2n) is 6.14. The fraction of sp³-hybridized carbons (Fsp3) is 0.316. The number of nitrogens with zero attached hydrogens (tertiary/aromatic N) is 2. The van der Waals surface area contributed by atoms with Crippen molar-refractivity contribution in [3.8, 4) is 22.9 Å². The van der Waals surface area contributed by atoms with Gasteiger partial charge in [0.1, 0.15) is 10.7 Å². The van der Waals surface area contributed by atoms with Gasteiger partial charge < -0.3 is 15.2 Å². The van der Waals surface area contributed by atoms with Crippen LogP contribution in [0.3, 0.4) is 0 Å². The van der Waals surface area contributed by atoms with Gasteiger partial charge in [-0.2, -0.15) is 0 Å². The second kappa shape index (κ2) is 7.40. The number of hydrogen-bond acceptors (Lipinski definition) is 6. The van der Waals surface area contributed by atoms with Crippen molar-refractivity contribution in [3.63, 3.8) is 0 Å². The molecule has 0 unspecified atom stereocenters. The number of benzene rings is 1. The average Bonchev–Trinajstić information content (AvgIpc) is 2.94. The third-order valence-electron chi connectivity index (χ3n) is 4.51. The molecule has 0 fully saturated rings. The minimum absolute atomic E-state index is 0.0511. The Balaban J connectivity index is 2.28. The molecule has 0 saturated heterocycles. The third kappa shape index (κ3) is 3.40. The summed E-state index contributed by atoms with van der Waals surface area (Å²) in [6.07, 6.45) is 0.0511. The van der Waals surface area contributed by atoms with Crippen molar-refractivity contribution in [1.82, 2.24) is 9.55 Å². The summed E-state index contributed by atoms with van der Waals surface area (Å²) >= 11 is 1.48. The highest BCUT2D eigenvalue weighted by Crippen LogP contribution is 2.33. The zero-order chi connectivity index (χ0) is 19.7. The van der Waals surface area contributed by atoms with Crippen LogP contribution in [0.1, 0.15) is 16.9 Å². The zero-order valence-corrected chi connectivity index (χ0v) is 16.5. The number of carbonyl (C=O) groups is 1. The van der Waals surface area contributed by atoms with E-state index in [0.717, 1.165) is 10.4 Å². The van der Waals surface area contributed by atoms with Crippen LogP contribution < -0.4 is 20.8 Å². The van der Waals surface area contributed by atoms with Gasteiger partial charge in [-0.3, -0.25) is 14.2 Å². The molecule has 2 N–H and O–H groups in total. The molecule has 0 aliphatic carbocycles. The molecule has 8 heteroatoms. The van der Waals surface area contributed by atoms with Gasteiger partial charge >= 0.3 is 0 Å². The summed E-state index contributed by atoms with van der Waals surface area (Å²) in [6.45, 7) is 4.03. The van der Waals surface area contributed by atoms with Crippen molar-refractivity contribution >= 4 is 27.5 Å². The molecule has 0 bridgehead atoms. The lowest BCUT2D eigenvalue weighted by Crippen LogP contribution is -2.26. The van der Waals surface area contributed by atoms with Crippen molar-refractivity contribution in [2.45, 2.75) is 26.8 Å². The number of fused-ring (bicyclic) bond motifs is 1. The van der Waals surface area contributed by atoms with Crippen molar-refractivity contribution < 1.29 is 14.3 Å². The molecule has 1 aromatic carbocycles. The van der Waals surface area contributed by atoms with E-state index in [2.05, 4.69) is 0 Å². The van der Waals surface area contributed by atoms with E-state index in [9.17, 15) is 9.59 Å². The van der Waals surface area contributed by atoms with Crippen molar-refractivity contribution in [2.24, 2.45) is 5.73 Å². The second-order valence-corrected chi connectivity index (χ2v) is 7.34. The fourth-order valence-corrected chi connectivity index (χ4v) is 3.97. The molecule has 7 nitrogen and oxygen atoms in total. The Morgan fingerprint density at radius 2 is 1.93 bits per heavy atom. The topological polar surface area (TPSA) is 96.4 Å². The predicted molar refractivity (Wildman–Crippen MR) is 106 cm³/mol. The normalized spacial score (nSPS) is 11.0. The van der Waals surface area contributed by atoms with Crippen LogP contribution in [0.5, 0.6) is 11.5 Å². The Kier molecular flexibility index (Phi) is 5.18. The molecule has 0 aliphatic rings. The molecule has 0 spiro atoms. The van der Waals surface area contributed by atoms with Gasteiger partial charge in [0.25, 0.3) is 5.56 Å². The first-order chi connectivity index (χ1) is 12.9. The van der Waals surface area contributed by atoms with Crippen LogP contribution in [-0.4, -0.2) is 29.7 Å². The number of rotatable bonds is 6. The summed E-state index contributed by atoms with van der Waals surface area (Å²) in [6, 6.07) is 5.33. The molecular weight excluding hydrogens is 366 g/mol. The first-order valence-corrected chi connectivity index (χ1v) is 9.20. The smallest absolute Gasteiger partial charge is 0.262 e. The number of ether oxygens (including phenoxy) is 2. The van der Waals surface area contributed by atoms with E-state index >= 15 is 0 Å². The number of carbonyl (C=O) groups excluding carboxylic acids is 1. The standard InChI is InChI=1S/C19H21N3O4S/c1-10-11(2)27-18-16(10)19(24)22(8-7-15(20)23)17(21-18)12-5-6-13(25-3)14(9-12)26-4/h5-6,9H,7-8H2,1-4H3,(H2,20,23). The highest BCUT2D eigenvalue weighted by atomic mass is 32.1. The molecule has 0 aliphatic heterocycles. The molecule has 142 valence electrons. The minimum atomic E-state index is -0.474. The Morgan fingerprint density at radius 3 is 2.56 bits per heavy atom. The lowest BCUT2D eigenvalue weighted by atomic mass is 10.1. The number of aromatic nitrogens is 2. The zero-order valence-electron chi connectivity index (χ0n) is 15.7.